The van der Waals surface area contributed by atoms with Gasteiger partial charge in [0.05, 0.1) is 11.1 Å². The SMILES string of the molecule is C=CC1=C(C=C)C(=O)N(C2CCC(=O)N2C=O)C1=O.CC. The third-order valence-electron chi connectivity index (χ3n) is 3.23. The average Bonchev–Trinajstić information content (AvgIpc) is 2.97. The van der Waals surface area contributed by atoms with Gasteiger partial charge in [-0.1, -0.05) is 39.2 Å². The van der Waals surface area contributed by atoms with Crippen LogP contribution in [0.5, 0.6) is 0 Å². The van der Waals surface area contributed by atoms with Gasteiger partial charge >= 0.3 is 0 Å². The maximum Gasteiger partial charge on any atom is 0.263 e. The summed E-state index contributed by atoms with van der Waals surface area (Å²) < 4.78 is 0. The Hall–Kier alpha value is -2.50. The fraction of sp³-hybridized carbons (Fsp3) is 0.333. The molecule has 0 radical (unpaired) electrons. The summed E-state index contributed by atoms with van der Waals surface area (Å²) in [6.45, 7) is 11.0. The molecule has 1 unspecified atom stereocenters. The maximum absolute atomic E-state index is 12.1. The molecule has 0 aromatic heterocycles. The summed E-state index contributed by atoms with van der Waals surface area (Å²) in [5.74, 6) is -1.50. The topological polar surface area (TPSA) is 74.8 Å². The molecule has 2 rings (SSSR count). The number of nitrogens with zero attached hydrogens (tertiary/aromatic N) is 2. The first-order chi connectivity index (χ1) is 10.1. The molecule has 0 bridgehead atoms. The van der Waals surface area contributed by atoms with E-state index in [-0.39, 0.29) is 24.0 Å². The van der Waals surface area contributed by atoms with E-state index in [0.717, 1.165) is 9.80 Å². The lowest BCUT2D eigenvalue weighted by atomic mass is 10.1. The minimum atomic E-state index is -0.850. The van der Waals surface area contributed by atoms with E-state index in [9.17, 15) is 19.2 Å². The van der Waals surface area contributed by atoms with E-state index in [1.165, 1.54) is 12.2 Å². The lowest BCUT2D eigenvalue weighted by molar-refractivity contribution is -0.148. The molecule has 1 fully saturated rings. The molecule has 2 aliphatic rings. The summed E-state index contributed by atoms with van der Waals surface area (Å²) in [6, 6.07) is 0. The van der Waals surface area contributed by atoms with Crippen LogP contribution >= 0.6 is 0 Å². The van der Waals surface area contributed by atoms with E-state index in [2.05, 4.69) is 13.2 Å². The molecule has 0 aromatic rings. The number of carbonyl (C=O) groups excluding carboxylic acids is 4. The van der Waals surface area contributed by atoms with Crippen molar-refractivity contribution in [3.05, 3.63) is 36.5 Å². The highest BCUT2D eigenvalue weighted by Gasteiger charge is 2.45. The molecule has 0 spiro atoms. The maximum atomic E-state index is 12.1. The normalized spacial score (nSPS) is 21.4. The first kappa shape index (κ1) is 16.6. The van der Waals surface area contributed by atoms with Crippen LogP contribution in [0.2, 0.25) is 0 Å². The Labute approximate surface area is 123 Å². The summed E-state index contributed by atoms with van der Waals surface area (Å²) in [7, 11) is 0. The molecule has 0 aliphatic carbocycles. The Bertz CT molecular complexity index is 518. The Morgan fingerprint density at radius 2 is 1.52 bits per heavy atom. The van der Waals surface area contributed by atoms with Gasteiger partial charge in [0.1, 0.15) is 6.17 Å². The van der Waals surface area contributed by atoms with Gasteiger partial charge in [-0.3, -0.25) is 29.0 Å². The quantitative estimate of drug-likeness (QED) is 0.575. The van der Waals surface area contributed by atoms with Crippen molar-refractivity contribution in [2.75, 3.05) is 0 Å². The smallest absolute Gasteiger partial charge is 0.263 e. The lowest BCUT2D eigenvalue weighted by Crippen LogP contribution is -2.49. The number of rotatable bonds is 4. The third-order valence-corrected chi connectivity index (χ3v) is 3.23. The fourth-order valence-electron chi connectivity index (χ4n) is 2.32. The summed E-state index contributed by atoms with van der Waals surface area (Å²) in [4.78, 5) is 48.5. The molecule has 112 valence electrons. The van der Waals surface area contributed by atoms with Crippen LogP contribution in [0.4, 0.5) is 0 Å². The summed E-state index contributed by atoms with van der Waals surface area (Å²) >= 11 is 0. The van der Waals surface area contributed by atoms with Crippen molar-refractivity contribution in [2.24, 2.45) is 0 Å². The van der Waals surface area contributed by atoms with Gasteiger partial charge < -0.3 is 0 Å². The van der Waals surface area contributed by atoms with Crippen LogP contribution < -0.4 is 0 Å². The Balaban J connectivity index is 0.00000106. The Morgan fingerprint density at radius 1 is 1.05 bits per heavy atom. The number of imide groups is 2. The van der Waals surface area contributed by atoms with E-state index < -0.39 is 23.9 Å². The highest BCUT2D eigenvalue weighted by atomic mass is 16.2. The van der Waals surface area contributed by atoms with Crippen molar-refractivity contribution in [2.45, 2.75) is 32.9 Å². The van der Waals surface area contributed by atoms with Gasteiger partial charge in [0, 0.05) is 6.42 Å². The first-order valence-corrected chi connectivity index (χ1v) is 6.70. The molecule has 0 N–H and O–H groups in total. The van der Waals surface area contributed by atoms with Gasteiger partial charge in [-0.2, -0.15) is 0 Å². The highest BCUT2D eigenvalue weighted by molar-refractivity contribution is 6.22. The lowest BCUT2D eigenvalue weighted by Gasteiger charge is -2.27. The molecule has 6 heteroatoms. The standard InChI is InChI=1S/C13H12N2O4.C2H6/c1-3-8-9(4-2)13(19)15(12(8)18)10-5-6-11(17)14(10)7-16;1-2/h3-4,7,10H,1-2,5-6H2;1-2H3. The zero-order chi connectivity index (χ0) is 16.2. The van der Waals surface area contributed by atoms with Crippen LogP contribution in [0.15, 0.2) is 36.5 Å². The summed E-state index contributed by atoms with van der Waals surface area (Å²) in [5.41, 5.74) is 0.287. The third kappa shape index (κ3) is 2.56. The van der Waals surface area contributed by atoms with E-state index in [1.54, 1.807) is 0 Å². The molecule has 21 heavy (non-hydrogen) atoms. The number of carbonyl (C=O) groups is 4. The van der Waals surface area contributed by atoms with Crippen molar-refractivity contribution in [1.29, 1.82) is 0 Å². The minimum Gasteiger partial charge on any atom is -0.278 e. The largest absolute Gasteiger partial charge is 0.278 e. The molecular weight excluding hydrogens is 272 g/mol. The van der Waals surface area contributed by atoms with Crippen LogP contribution in [0, 0.1) is 0 Å². The molecule has 4 amide bonds. The van der Waals surface area contributed by atoms with Crippen LogP contribution in [-0.2, 0) is 19.2 Å². The van der Waals surface area contributed by atoms with E-state index in [4.69, 9.17) is 0 Å². The number of likely N-dealkylation sites (tertiary alicyclic amines) is 1. The van der Waals surface area contributed by atoms with Crippen molar-refractivity contribution in [3.63, 3.8) is 0 Å². The van der Waals surface area contributed by atoms with Crippen LogP contribution in [-0.4, -0.2) is 40.1 Å². The highest BCUT2D eigenvalue weighted by Crippen LogP contribution is 2.29. The first-order valence-electron chi connectivity index (χ1n) is 6.70. The summed E-state index contributed by atoms with van der Waals surface area (Å²) in [5, 5.41) is 0. The summed E-state index contributed by atoms with van der Waals surface area (Å²) in [6.07, 6.45) is 2.44. The molecule has 6 nitrogen and oxygen atoms in total. The molecular formula is C15H18N2O4. The van der Waals surface area contributed by atoms with E-state index in [0.29, 0.717) is 6.41 Å². The van der Waals surface area contributed by atoms with Gasteiger partial charge in [-0.15, -0.1) is 0 Å². The van der Waals surface area contributed by atoms with Gasteiger partial charge in [0.25, 0.3) is 11.8 Å². The van der Waals surface area contributed by atoms with E-state index in [1.807, 2.05) is 13.8 Å². The van der Waals surface area contributed by atoms with Gasteiger partial charge in [0.2, 0.25) is 12.3 Å². The molecule has 1 atom stereocenters. The fourth-order valence-corrected chi connectivity index (χ4v) is 2.32. The molecule has 1 saturated heterocycles. The Kier molecular flexibility index (Phi) is 5.35. The molecule has 0 aromatic carbocycles. The van der Waals surface area contributed by atoms with Crippen LogP contribution in [0.3, 0.4) is 0 Å². The van der Waals surface area contributed by atoms with Crippen molar-refractivity contribution in [3.8, 4) is 0 Å². The predicted octanol–water partition coefficient (Wildman–Crippen LogP) is 1.15. The number of hydrogen-bond acceptors (Lipinski definition) is 4. The second-order valence-electron chi connectivity index (χ2n) is 4.14. The van der Waals surface area contributed by atoms with Crippen molar-refractivity contribution < 1.29 is 19.2 Å². The van der Waals surface area contributed by atoms with E-state index >= 15 is 0 Å². The molecule has 0 saturated carbocycles. The zero-order valence-electron chi connectivity index (χ0n) is 12.2. The van der Waals surface area contributed by atoms with Gasteiger partial charge in [-0.25, -0.2) is 0 Å². The second-order valence-corrected chi connectivity index (χ2v) is 4.14. The average molecular weight is 290 g/mol. The van der Waals surface area contributed by atoms with Crippen LogP contribution in [0.25, 0.3) is 0 Å². The van der Waals surface area contributed by atoms with Gasteiger partial charge in [-0.05, 0) is 6.42 Å². The zero-order valence-corrected chi connectivity index (χ0v) is 12.2. The van der Waals surface area contributed by atoms with Crippen molar-refractivity contribution >= 4 is 24.1 Å². The minimum absolute atomic E-state index is 0.132. The van der Waals surface area contributed by atoms with Crippen LogP contribution in [0.1, 0.15) is 26.7 Å². The predicted molar refractivity (Wildman–Crippen MR) is 76.6 cm³/mol. The molecule has 2 aliphatic heterocycles. The molecule has 2 heterocycles. The Morgan fingerprint density at radius 3 is 1.90 bits per heavy atom. The number of hydrogen-bond donors (Lipinski definition) is 0. The second kappa shape index (κ2) is 6.78. The number of amides is 4. The monoisotopic (exact) mass is 290 g/mol. The van der Waals surface area contributed by atoms with Gasteiger partial charge in [0.15, 0.2) is 0 Å². The van der Waals surface area contributed by atoms with Crippen molar-refractivity contribution in [1.82, 2.24) is 9.80 Å².